The number of hydrogen-bond acceptors (Lipinski definition) is 7. The summed E-state index contributed by atoms with van der Waals surface area (Å²) in [6.45, 7) is 0. The molecule has 0 saturated heterocycles. The normalized spacial score (nSPS) is 27.0. The van der Waals surface area contributed by atoms with Gasteiger partial charge in [-0.1, -0.05) is 18.2 Å². The van der Waals surface area contributed by atoms with Crippen LogP contribution in [0.5, 0.6) is 5.75 Å². The average molecular weight is 306 g/mol. The van der Waals surface area contributed by atoms with Gasteiger partial charge < -0.3 is 30.3 Å². The highest BCUT2D eigenvalue weighted by Gasteiger charge is 2.45. The highest BCUT2D eigenvalue weighted by Crippen LogP contribution is 2.41. The molecular weight excluding hydrogens is 292 g/mol. The van der Waals surface area contributed by atoms with Crippen molar-refractivity contribution in [2.75, 3.05) is 0 Å². The lowest BCUT2D eigenvalue weighted by molar-refractivity contribution is -0.161. The van der Waals surface area contributed by atoms with E-state index >= 15 is 0 Å². The number of allylic oxidation sites excluding steroid dienone is 1. The molecule has 1 aliphatic carbocycles. The first kappa shape index (κ1) is 14.6. The Morgan fingerprint density at radius 2 is 1.86 bits per heavy atom. The minimum atomic E-state index is -2.57. The highest BCUT2D eigenvalue weighted by molar-refractivity contribution is 6.01. The van der Waals surface area contributed by atoms with Crippen LogP contribution in [0.4, 0.5) is 0 Å². The number of phenols is 1. The molecule has 5 N–H and O–H groups in total. The first-order valence-corrected chi connectivity index (χ1v) is 6.57. The maximum absolute atomic E-state index is 12.2. The number of hydrogen-bond donors (Lipinski definition) is 5. The van der Waals surface area contributed by atoms with E-state index in [-0.39, 0.29) is 22.6 Å². The molecule has 3 rings (SSSR count). The second-order valence-corrected chi connectivity index (χ2v) is 5.27. The summed E-state index contributed by atoms with van der Waals surface area (Å²) >= 11 is 0. The summed E-state index contributed by atoms with van der Waals surface area (Å²) in [4.78, 5) is 12.2. The number of aromatic hydroxyl groups is 1. The van der Waals surface area contributed by atoms with Crippen molar-refractivity contribution in [3.63, 3.8) is 0 Å². The van der Waals surface area contributed by atoms with Crippen LogP contribution in [0.1, 0.15) is 18.1 Å². The molecule has 116 valence electrons. The first-order chi connectivity index (χ1) is 10.3. The van der Waals surface area contributed by atoms with Crippen molar-refractivity contribution in [3.05, 3.63) is 53.0 Å². The van der Waals surface area contributed by atoms with E-state index in [9.17, 15) is 30.3 Å². The summed E-state index contributed by atoms with van der Waals surface area (Å²) in [5, 5.41) is 48.7. The van der Waals surface area contributed by atoms with Gasteiger partial charge in [0, 0.05) is 23.6 Å². The van der Waals surface area contributed by atoms with Crippen LogP contribution in [0.25, 0.3) is 0 Å². The minimum Gasteiger partial charge on any atom is -0.508 e. The Balaban J connectivity index is 2.03. The molecule has 1 aromatic carbocycles. The van der Waals surface area contributed by atoms with E-state index in [2.05, 4.69) is 0 Å². The Hall–Kier alpha value is -2.35. The Morgan fingerprint density at radius 1 is 1.18 bits per heavy atom. The summed E-state index contributed by atoms with van der Waals surface area (Å²) in [5.41, 5.74) is 0.0922. The molecule has 22 heavy (non-hydrogen) atoms. The van der Waals surface area contributed by atoms with Gasteiger partial charge in [0.1, 0.15) is 11.5 Å². The predicted molar refractivity (Wildman–Crippen MR) is 72.5 cm³/mol. The van der Waals surface area contributed by atoms with Crippen LogP contribution in [0.3, 0.4) is 0 Å². The lowest BCUT2D eigenvalue weighted by atomic mass is 9.86. The fraction of sp³-hybridized carbons (Fsp3) is 0.267. The lowest BCUT2D eigenvalue weighted by Crippen LogP contribution is -2.42. The van der Waals surface area contributed by atoms with E-state index in [0.717, 1.165) is 6.08 Å². The summed E-state index contributed by atoms with van der Waals surface area (Å²) in [7, 11) is 0. The summed E-state index contributed by atoms with van der Waals surface area (Å²) in [5.74, 6) is -4.28. The van der Waals surface area contributed by atoms with Crippen molar-refractivity contribution < 1.29 is 35.1 Å². The molecule has 2 unspecified atom stereocenters. The SMILES string of the molecule is O=C1C2=C(C=C(O)C(O)(O)C2)OC(c2ccccc2O)C1O. The smallest absolute Gasteiger partial charge is 0.227 e. The van der Waals surface area contributed by atoms with Crippen LogP contribution in [0.15, 0.2) is 47.4 Å². The molecule has 0 aromatic heterocycles. The van der Waals surface area contributed by atoms with Crippen LogP contribution >= 0.6 is 0 Å². The number of carbonyl (C=O) groups excluding carboxylic acids is 1. The monoisotopic (exact) mass is 306 g/mol. The molecular formula is C15H14O7. The van der Waals surface area contributed by atoms with E-state index in [0.29, 0.717) is 0 Å². The Morgan fingerprint density at radius 3 is 2.55 bits per heavy atom. The van der Waals surface area contributed by atoms with Gasteiger partial charge in [-0.3, -0.25) is 4.79 Å². The summed E-state index contributed by atoms with van der Waals surface area (Å²) in [6.07, 6.45) is -2.42. The van der Waals surface area contributed by atoms with Crippen molar-refractivity contribution in [3.8, 4) is 5.75 Å². The van der Waals surface area contributed by atoms with E-state index < -0.39 is 36.0 Å². The number of benzene rings is 1. The lowest BCUT2D eigenvalue weighted by Gasteiger charge is -2.35. The standard InChI is InChI=1S/C15H14O7/c16-9-4-2-1-3-7(9)14-13(19)12(18)8-6-15(20,21)11(17)5-10(8)22-14/h1-5,13-14,16-17,19-21H,6H2. The third kappa shape index (κ3) is 2.16. The summed E-state index contributed by atoms with van der Waals surface area (Å²) in [6, 6.07) is 6.08. The van der Waals surface area contributed by atoms with Gasteiger partial charge in [0.05, 0.1) is 0 Å². The molecule has 1 aromatic rings. The number of para-hydroxylation sites is 1. The largest absolute Gasteiger partial charge is 0.508 e. The zero-order valence-electron chi connectivity index (χ0n) is 11.3. The highest BCUT2D eigenvalue weighted by atomic mass is 16.5. The average Bonchev–Trinajstić information content (AvgIpc) is 2.46. The number of rotatable bonds is 1. The van der Waals surface area contributed by atoms with Crippen LogP contribution in [-0.2, 0) is 9.53 Å². The number of aliphatic hydroxyl groups is 4. The van der Waals surface area contributed by atoms with Crippen molar-refractivity contribution in [2.45, 2.75) is 24.4 Å². The van der Waals surface area contributed by atoms with Gasteiger partial charge in [0.15, 0.2) is 23.8 Å². The predicted octanol–water partition coefficient (Wildman–Crippen LogP) is 0.174. The van der Waals surface area contributed by atoms with Crippen LogP contribution in [0.2, 0.25) is 0 Å². The maximum atomic E-state index is 12.2. The van der Waals surface area contributed by atoms with Gasteiger partial charge in [-0.25, -0.2) is 0 Å². The molecule has 0 radical (unpaired) electrons. The fourth-order valence-corrected chi connectivity index (χ4v) is 2.54. The van der Waals surface area contributed by atoms with Crippen LogP contribution in [0, 0.1) is 0 Å². The molecule has 2 atom stereocenters. The molecule has 2 aliphatic rings. The molecule has 0 amide bonds. The number of ketones is 1. The van der Waals surface area contributed by atoms with Gasteiger partial charge >= 0.3 is 0 Å². The quantitative estimate of drug-likeness (QED) is 0.468. The number of carbonyl (C=O) groups is 1. The Bertz CT molecular complexity index is 702. The number of Topliss-reactive ketones (excluding diaryl/α,β-unsaturated/α-hetero) is 1. The molecule has 1 heterocycles. The maximum Gasteiger partial charge on any atom is 0.227 e. The summed E-state index contributed by atoms with van der Waals surface area (Å²) < 4.78 is 5.49. The zero-order valence-corrected chi connectivity index (χ0v) is 11.3. The topological polar surface area (TPSA) is 127 Å². The molecule has 7 nitrogen and oxygen atoms in total. The van der Waals surface area contributed by atoms with E-state index in [1.807, 2.05) is 0 Å². The van der Waals surface area contributed by atoms with Gasteiger partial charge in [0.25, 0.3) is 0 Å². The van der Waals surface area contributed by atoms with Crippen molar-refractivity contribution in [1.29, 1.82) is 0 Å². The van der Waals surface area contributed by atoms with Gasteiger partial charge in [-0.05, 0) is 6.07 Å². The minimum absolute atomic E-state index is 0.0558. The second-order valence-electron chi connectivity index (χ2n) is 5.27. The Kier molecular flexibility index (Phi) is 3.21. The molecule has 7 heteroatoms. The molecule has 0 saturated carbocycles. The molecule has 0 spiro atoms. The second kappa shape index (κ2) is 4.84. The first-order valence-electron chi connectivity index (χ1n) is 6.57. The van der Waals surface area contributed by atoms with E-state index in [1.54, 1.807) is 12.1 Å². The third-order valence-corrected chi connectivity index (χ3v) is 3.75. The third-order valence-electron chi connectivity index (χ3n) is 3.75. The number of phenolic OH excluding ortho intramolecular Hbond substituents is 1. The molecule has 1 aliphatic heterocycles. The van der Waals surface area contributed by atoms with E-state index in [4.69, 9.17) is 4.74 Å². The van der Waals surface area contributed by atoms with Crippen LogP contribution in [-0.4, -0.2) is 43.2 Å². The van der Waals surface area contributed by atoms with Gasteiger partial charge in [-0.2, -0.15) is 0 Å². The van der Waals surface area contributed by atoms with Crippen molar-refractivity contribution in [1.82, 2.24) is 0 Å². The zero-order chi connectivity index (χ0) is 16.1. The van der Waals surface area contributed by atoms with Crippen molar-refractivity contribution in [2.24, 2.45) is 0 Å². The molecule has 0 bridgehead atoms. The van der Waals surface area contributed by atoms with Crippen molar-refractivity contribution >= 4 is 5.78 Å². The Labute approximate surface area is 125 Å². The fourth-order valence-electron chi connectivity index (χ4n) is 2.54. The van der Waals surface area contributed by atoms with Gasteiger partial charge in [-0.15, -0.1) is 0 Å². The number of ether oxygens (including phenoxy) is 1. The van der Waals surface area contributed by atoms with Crippen LogP contribution < -0.4 is 0 Å². The number of aliphatic hydroxyl groups excluding tert-OH is 2. The van der Waals surface area contributed by atoms with E-state index in [1.165, 1.54) is 12.1 Å². The molecule has 0 fully saturated rings. The van der Waals surface area contributed by atoms with Gasteiger partial charge in [0.2, 0.25) is 5.79 Å².